The summed E-state index contributed by atoms with van der Waals surface area (Å²) in [6, 6.07) is 15.2. The van der Waals surface area contributed by atoms with Gasteiger partial charge in [0.15, 0.2) is 0 Å². The van der Waals surface area contributed by atoms with E-state index >= 15 is 0 Å². The molecule has 2 aliphatic rings. The number of H-pyrrole nitrogens is 1. The van der Waals surface area contributed by atoms with Gasteiger partial charge in [0.1, 0.15) is 18.4 Å². The van der Waals surface area contributed by atoms with E-state index in [0.717, 1.165) is 22.5 Å². The smallest absolute Gasteiger partial charge is 0.132 e. The number of hydrogen-bond donors (Lipinski definition) is 1. The predicted molar refractivity (Wildman–Crippen MR) is 123 cm³/mol. The molecule has 0 saturated carbocycles. The van der Waals surface area contributed by atoms with E-state index in [1.807, 2.05) is 11.1 Å². The number of fused-ring (bicyclic) bond motifs is 1. The largest absolute Gasteiger partial charge is 0.499 e. The molecule has 31 heavy (non-hydrogen) atoms. The van der Waals surface area contributed by atoms with Crippen molar-refractivity contribution in [2.24, 2.45) is 0 Å². The van der Waals surface area contributed by atoms with Crippen LogP contribution in [0.15, 0.2) is 60.1 Å². The Kier molecular flexibility index (Phi) is 5.42. The fourth-order valence-electron chi connectivity index (χ4n) is 4.83. The van der Waals surface area contributed by atoms with E-state index < -0.39 is 0 Å². The summed E-state index contributed by atoms with van der Waals surface area (Å²) in [4.78, 5) is 16.1. The molecule has 3 aromatic rings. The lowest BCUT2D eigenvalue weighted by atomic mass is 9.88. The first-order valence-electron chi connectivity index (χ1n) is 11.0. The lowest BCUT2D eigenvalue weighted by molar-refractivity contribution is 0.0600. The highest BCUT2D eigenvalue weighted by Crippen LogP contribution is 2.39. The highest BCUT2D eigenvalue weighted by Gasteiger charge is 2.31. The summed E-state index contributed by atoms with van der Waals surface area (Å²) in [5.41, 5.74) is 6.75. The number of rotatable bonds is 4. The zero-order chi connectivity index (χ0) is 21.4. The van der Waals surface area contributed by atoms with Gasteiger partial charge in [-0.3, -0.25) is 4.84 Å². The van der Waals surface area contributed by atoms with E-state index in [2.05, 4.69) is 65.2 Å². The Bertz CT molecular complexity index is 1080. The lowest BCUT2D eigenvalue weighted by Crippen LogP contribution is -2.35. The van der Waals surface area contributed by atoms with Gasteiger partial charge >= 0.3 is 0 Å². The molecule has 2 aromatic carbocycles. The molecule has 3 heterocycles. The first kappa shape index (κ1) is 20.1. The number of benzene rings is 2. The number of nitrogens with one attached hydrogen (secondary N) is 1. The van der Waals surface area contributed by atoms with Crippen LogP contribution in [0.3, 0.4) is 0 Å². The number of anilines is 1. The van der Waals surface area contributed by atoms with Crippen LogP contribution in [0.2, 0.25) is 0 Å². The number of likely N-dealkylation sites (tertiary alicyclic amines) is 1. The maximum atomic E-state index is 6.20. The molecule has 1 fully saturated rings. The summed E-state index contributed by atoms with van der Waals surface area (Å²) in [5, 5.41) is 2.00. The molecule has 0 spiro atoms. The number of aromatic nitrogens is 2. The Morgan fingerprint density at radius 3 is 2.55 bits per heavy atom. The van der Waals surface area contributed by atoms with E-state index in [0.29, 0.717) is 12.5 Å². The second-order valence-electron chi connectivity index (χ2n) is 8.66. The van der Waals surface area contributed by atoms with Crippen LogP contribution in [0, 0.1) is 0 Å². The number of methoxy groups -OCH3 is 1. The van der Waals surface area contributed by atoms with Gasteiger partial charge in [-0.2, -0.15) is 0 Å². The van der Waals surface area contributed by atoms with Gasteiger partial charge in [0.2, 0.25) is 0 Å². The normalized spacial score (nSPS) is 21.1. The molecule has 1 unspecified atom stereocenters. The van der Waals surface area contributed by atoms with Gasteiger partial charge in [-0.1, -0.05) is 24.3 Å². The zero-order valence-electron chi connectivity index (χ0n) is 18.5. The molecule has 162 valence electrons. The molecular weight excluding hydrogens is 388 g/mol. The van der Waals surface area contributed by atoms with Crippen LogP contribution >= 0.6 is 0 Å². The number of aromatic amines is 1. The van der Waals surface area contributed by atoms with E-state index in [-0.39, 0.29) is 6.04 Å². The van der Waals surface area contributed by atoms with Crippen molar-refractivity contribution in [3.63, 3.8) is 0 Å². The van der Waals surface area contributed by atoms with E-state index in [1.165, 1.54) is 42.6 Å². The second kappa shape index (κ2) is 8.36. The maximum Gasteiger partial charge on any atom is 0.132 e. The number of piperidine rings is 1. The van der Waals surface area contributed by atoms with Gasteiger partial charge in [0.05, 0.1) is 30.2 Å². The van der Waals surface area contributed by atoms with Crippen molar-refractivity contribution in [2.45, 2.75) is 31.7 Å². The van der Waals surface area contributed by atoms with Crippen molar-refractivity contribution >= 4 is 16.7 Å². The molecule has 0 aliphatic carbocycles. The summed E-state index contributed by atoms with van der Waals surface area (Å²) in [5.74, 6) is 1.54. The third-order valence-electron chi connectivity index (χ3n) is 6.77. The monoisotopic (exact) mass is 418 g/mol. The van der Waals surface area contributed by atoms with Crippen molar-refractivity contribution in [3.8, 4) is 0 Å². The molecule has 1 N–H and O–H groups in total. The van der Waals surface area contributed by atoms with Crippen molar-refractivity contribution in [2.75, 3.05) is 38.9 Å². The minimum absolute atomic E-state index is 0.0457. The number of nitrogens with zero attached hydrogens (tertiary/aromatic N) is 3. The Labute approximate surface area is 183 Å². The number of ether oxygens (including phenoxy) is 1. The number of hydroxylamine groups is 1. The van der Waals surface area contributed by atoms with Crippen molar-refractivity contribution in [1.82, 2.24) is 14.9 Å². The second-order valence-corrected chi connectivity index (χ2v) is 8.66. The highest BCUT2D eigenvalue weighted by molar-refractivity contribution is 5.79. The quantitative estimate of drug-likeness (QED) is 0.661. The van der Waals surface area contributed by atoms with Crippen molar-refractivity contribution < 1.29 is 9.57 Å². The molecule has 0 radical (unpaired) electrons. The Hall–Kier alpha value is -2.83. The maximum absolute atomic E-state index is 6.20. The molecule has 0 amide bonds. The first-order valence-corrected chi connectivity index (χ1v) is 11.0. The number of imidazole rings is 1. The van der Waals surface area contributed by atoms with Gasteiger partial charge in [0.25, 0.3) is 0 Å². The number of hydrogen-bond acceptors (Lipinski definition) is 5. The van der Waals surface area contributed by atoms with E-state index in [1.54, 1.807) is 13.4 Å². The van der Waals surface area contributed by atoms with E-state index in [4.69, 9.17) is 9.57 Å². The Morgan fingerprint density at radius 1 is 1.06 bits per heavy atom. The van der Waals surface area contributed by atoms with Crippen molar-refractivity contribution in [3.05, 3.63) is 71.3 Å². The van der Waals surface area contributed by atoms with Gasteiger partial charge in [-0.15, -0.1) is 0 Å². The molecular formula is C25H30N4O2. The summed E-state index contributed by atoms with van der Waals surface area (Å²) in [6.07, 6.45) is 4.18. The predicted octanol–water partition coefficient (Wildman–Crippen LogP) is 4.79. The van der Waals surface area contributed by atoms with Gasteiger partial charge in [-0.25, -0.2) is 10.0 Å². The van der Waals surface area contributed by atoms with Crippen LogP contribution in [0.25, 0.3) is 11.0 Å². The van der Waals surface area contributed by atoms with Crippen molar-refractivity contribution in [1.29, 1.82) is 0 Å². The highest BCUT2D eigenvalue weighted by atomic mass is 16.7. The molecule has 1 aromatic heterocycles. The Morgan fingerprint density at radius 2 is 1.81 bits per heavy atom. The van der Waals surface area contributed by atoms with Gasteiger partial charge in [-0.05, 0) is 80.7 Å². The minimum Gasteiger partial charge on any atom is -0.499 e. The lowest BCUT2D eigenvalue weighted by Gasteiger charge is -2.38. The molecule has 2 aliphatic heterocycles. The van der Waals surface area contributed by atoms with Crippen LogP contribution in [-0.4, -0.2) is 48.7 Å². The van der Waals surface area contributed by atoms with Crippen LogP contribution < -0.4 is 5.06 Å². The van der Waals surface area contributed by atoms with E-state index in [9.17, 15) is 0 Å². The van der Waals surface area contributed by atoms with Crippen LogP contribution in [0.4, 0.5) is 5.69 Å². The molecule has 0 bridgehead atoms. The fraction of sp³-hybridized carbons (Fsp3) is 0.400. The fourth-order valence-corrected chi connectivity index (χ4v) is 4.83. The zero-order valence-corrected chi connectivity index (χ0v) is 18.5. The standard InChI is InChI=1S/C25H30N4O2/c1-17-24(30-3)15-31-29(21-8-9-22-23(14-21)27-16-26-22)25(17)20-6-4-18(5-7-20)19-10-12-28(2)13-11-19/h4-9,14,16,19,25H,10-13,15H2,1-3H3,(H,26,27). The van der Waals surface area contributed by atoms with Crippen LogP contribution in [0.1, 0.15) is 42.9 Å². The molecule has 1 atom stereocenters. The Balaban J connectivity index is 1.48. The summed E-state index contributed by atoms with van der Waals surface area (Å²) in [6.45, 7) is 4.91. The molecule has 1 saturated heterocycles. The van der Waals surface area contributed by atoms with Gasteiger partial charge in [0, 0.05) is 0 Å². The summed E-state index contributed by atoms with van der Waals surface area (Å²) < 4.78 is 5.63. The average molecular weight is 419 g/mol. The van der Waals surface area contributed by atoms with Crippen LogP contribution in [-0.2, 0) is 9.57 Å². The third kappa shape index (κ3) is 3.82. The third-order valence-corrected chi connectivity index (χ3v) is 6.77. The topological polar surface area (TPSA) is 53.6 Å². The first-order chi connectivity index (χ1) is 15.1. The summed E-state index contributed by atoms with van der Waals surface area (Å²) in [7, 11) is 3.93. The van der Waals surface area contributed by atoms with Gasteiger partial charge < -0.3 is 14.6 Å². The molecule has 5 rings (SSSR count). The minimum atomic E-state index is -0.0457. The summed E-state index contributed by atoms with van der Waals surface area (Å²) >= 11 is 0. The van der Waals surface area contributed by atoms with Crippen LogP contribution in [0.5, 0.6) is 0 Å². The average Bonchev–Trinajstić information content (AvgIpc) is 3.27. The molecule has 6 heteroatoms. The SMILES string of the molecule is COC1=C(C)C(c2ccc(C3CCN(C)CC3)cc2)N(c2ccc3nc[nH]c3c2)OC1. The molecule has 6 nitrogen and oxygen atoms in total.